The number of benzene rings is 2. The van der Waals surface area contributed by atoms with Gasteiger partial charge < -0.3 is 24.3 Å². The van der Waals surface area contributed by atoms with Gasteiger partial charge in [-0.05, 0) is 37.1 Å². The van der Waals surface area contributed by atoms with Crippen molar-refractivity contribution >= 4 is 28.5 Å². The molecule has 9 heteroatoms. The van der Waals surface area contributed by atoms with Gasteiger partial charge in [0.15, 0.2) is 11.5 Å². The second-order valence-corrected chi connectivity index (χ2v) is 9.11. The Morgan fingerprint density at radius 3 is 2.56 bits per heavy atom. The van der Waals surface area contributed by atoms with Crippen LogP contribution in [0.3, 0.4) is 0 Å². The van der Waals surface area contributed by atoms with Crippen molar-refractivity contribution in [1.29, 1.82) is 0 Å². The molecule has 2 aromatic carbocycles. The third-order valence-electron chi connectivity index (χ3n) is 7.08. The van der Waals surface area contributed by atoms with E-state index in [2.05, 4.69) is 4.98 Å². The molecule has 0 aliphatic carbocycles. The van der Waals surface area contributed by atoms with E-state index in [4.69, 9.17) is 9.47 Å². The van der Waals surface area contributed by atoms with Crippen LogP contribution >= 0.6 is 0 Å². The molecule has 1 atom stereocenters. The van der Waals surface area contributed by atoms with Gasteiger partial charge in [0.05, 0.1) is 17.0 Å². The molecule has 3 aromatic rings. The zero-order valence-corrected chi connectivity index (χ0v) is 18.7. The van der Waals surface area contributed by atoms with E-state index in [0.29, 0.717) is 57.2 Å². The van der Waals surface area contributed by atoms with Crippen molar-refractivity contribution in [2.75, 3.05) is 37.7 Å². The number of carbonyl (C=O) groups is 2. The Kier molecular flexibility index (Phi) is 5.04. The zero-order chi connectivity index (χ0) is 23.2. The Morgan fingerprint density at radius 2 is 1.74 bits per heavy atom. The first-order valence-corrected chi connectivity index (χ1v) is 11.8. The second kappa shape index (κ2) is 8.23. The maximum atomic E-state index is 13.3. The van der Waals surface area contributed by atoms with Crippen molar-refractivity contribution in [3.8, 4) is 11.5 Å². The predicted molar refractivity (Wildman–Crippen MR) is 125 cm³/mol. The van der Waals surface area contributed by atoms with Crippen molar-refractivity contribution in [2.45, 2.75) is 25.3 Å². The first kappa shape index (κ1) is 20.8. The Labute approximate surface area is 195 Å². The van der Waals surface area contributed by atoms with Crippen molar-refractivity contribution in [2.24, 2.45) is 5.92 Å². The highest BCUT2D eigenvalue weighted by Crippen LogP contribution is 2.36. The summed E-state index contributed by atoms with van der Waals surface area (Å²) in [4.78, 5) is 45.0. The number of hydrogen-bond acceptors (Lipinski definition) is 5. The molecule has 0 saturated carbocycles. The van der Waals surface area contributed by atoms with Crippen LogP contribution in [0, 0.1) is 5.92 Å². The lowest BCUT2D eigenvalue weighted by atomic mass is 10.0. The summed E-state index contributed by atoms with van der Waals surface area (Å²) >= 11 is 0. The van der Waals surface area contributed by atoms with Crippen LogP contribution in [0.2, 0.25) is 0 Å². The van der Waals surface area contributed by atoms with Crippen LogP contribution in [0.1, 0.15) is 25.3 Å². The third-order valence-corrected chi connectivity index (χ3v) is 7.08. The van der Waals surface area contributed by atoms with Gasteiger partial charge >= 0.3 is 5.69 Å². The van der Waals surface area contributed by atoms with Crippen LogP contribution in [-0.4, -0.2) is 59.1 Å². The molecule has 0 radical (unpaired) electrons. The Bertz CT molecular complexity index is 1320. The number of amides is 2. The van der Waals surface area contributed by atoms with Gasteiger partial charge in [-0.25, -0.2) is 4.79 Å². The van der Waals surface area contributed by atoms with E-state index in [1.807, 2.05) is 51.9 Å². The summed E-state index contributed by atoms with van der Waals surface area (Å²) in [6.07, 6.45) is 1.62. The lowest BCUT2D eigenvalue weighted by Gasteiger charge is -2.34. The van der Waals surface area contributed by atoms with Crippen LogP contribution in [-0.2, 0) is 9.59 Å². The van der Waals surface area contributed by atoms with Crippen LogP contribution < -0.4 is 20.1 Å². The number of aromatic nitrogens is 2. The Hall–Kier alpha value is -3.75. The molecular formula is C25H26N4O5. The molecule has 0 bridgehead atoms. The first-order chi connectivity index (χ1) is 16.6. The van der Waals surface area contributed by atoms with E-state index in [1.165, 1.54) is 0 Å². The minimum Gasteiger partial charge on any atom is -0.486 e. The number of aromatic amines is 1. The standard InChI is InChI=1S/C25H26N4O5/c30-23-13-16(15-28(23)18-5-6-21-22(14-18)34-12-11-33-21)24(31)27-9-7-17(8-10-27)29-20-4-2-1-3-19(20)26-25(29)32/h1-6,14,16-17H,7-13,15H2,(H,26,32)/t16-/m0/s1. The molecule has 9 nitrogen and oxygen atoms in total. The number of H-pyrrole nitrogens is 1. The fourth-order valence-corrected chi connectivity index (χ4v) is 5.36. The molecule has 3 aliphatic heterocycles. The Balaban J connectivity index is 1.12. The highest BCUT2D eigenvalue weighted by atomic mass is 16.6. The number of ether oxygens (including phenoxy) is 2. The fourth-order valence-electron chi connectivity index (χ4n) is 5.36. The van der Waals surface area contributed by atoms with Crippen LogP contribution in [0.5, 0.6) is 11.5 Å². The third kappa shape index (κ3) is 3.52. The van der Waals surface area contributed by atoms with Gasteiger partial charge in [0, 0.05) is 43.9 Å². The van der Waals surface area contributed by atoms with E-state index in [1.54, 1.807) is 4.90 Å². The molecule has 0 spiro atoms. The normalized spacial score (nSPS) is 20.8. The van der Waals surface area contributed by atoms with Gasteiger partial charge in [0.1, 0.15) is 13.2 Å². The SMILES string of the molecule is O=C([C@H]1CC(=O)N(c2ccc3c(c2)OCCO3)C1)N1CCC(n2c(=O)[nH]c3ccccc32)CC1. The van der Waals surface area contributed by atoms with Crippen molar-refractivity contribution in [3.05, 3.63) is 52.9 Å². The van der Waals surface area contributed by atoms with E-state index in [-0.39, 0.29) is 35.9 Å². The highest BCUT2D eigenvalue weighted by Gasteiger charge is 2.38. The minimum atomic E-state index is -0.368. The Morgan fingerprint density at radius 1 is 0.971 bits per heavy atom. The van der Waals surface area contributed by atoms with Crippen LogP contribution in [0.15, 0.2) is 47.3 Å². The molecule has 34 heavy (non-hydrogen) atoms. The number of anilines is 1. The van der Waals surface area contributed by atoms with Crippen molar-refractivity contribution < 1.29 is 19.1 Å². The van der Waals surface area contributed by atoms with Crippen molar-refractivity contribution in [3.63, 3.8) is 0 Å². The van der Waals surface area contributed by atoms with Crippen molar-refractivity contribution in [1.82, 2.24) is 14.5 Å². The number of nitrogens with zero attached hydrogens (tertiary/aromatic N) is 3. The number of rotatable bonds is 3. The molecule has 6 rings (SSSR count). The molecule has 2 fully saturated rings. The molecule has 4 heterocycles. The number of fused-ring (bicyclic) bond motifs is 2. The van der Waals surface area contributed by atoms with E-state index in [0.717, 1.165) is 16.7 Å². The zero-order valence-electron chi connectivity index (χ0n) is 18.7. The number of hydrogen-bond donors (Lipinski definition) is 1. The van der Waals surface area contributed by atoms with Gasteiger partial charge in [0.2, 0.25) is 11.8 Å². The quantitative estimate of drug-likeness (QED) is 0.644. The lowest BCUT2D eigenvalue weighted by molar-refractivity contribution is -0.137. The van der Waals surface area contributed by atoms with E-state index in [9.17, 15) is 14.4 Å². The molecule has 0 unspecified atom stereocenters. The van der Waals surface area contributed by atoms with Gasteiger partial charge in [-0.15, -0.1) is 0 Å². The largest absolute Gasteiger partial charge is 0.486 e. The molecular weight excluding hydrogens is 436 g/mol. The topological polar surface area (TPSA) is 96.9 Å². The van der Waals surface area contributed by atoms with E-state index >= 15 is 0 Å². The van der Waals surface area contributed by atoms with Crippen LogP contribution in [0.25, 0.3) is 11.0 Å². The lowest BCUT2D eigenvalue weighted by Crippen LogP contribution is -2.43. The maximum Gasteiger partial charge on any atom is 0.326 e. The molecule has 1 aromatic heterocycles. The molecule has 1 N–H and O–H groups in total. The molecule has 2 amide bonds. The second-order valence-electron chi connectivity index (χ2n) is 9.11. The minimum absolute atomic E-state index is 0.0121. The predicted octanol–water partition coefficient (Wildman–Crippen LogP) is 2.32. The summed E-state index contributed by atoms with van der Waals surface area (Å²) in [5.41, 5.74) is 2.34. The summed E-state index contributed by atoms with van der Waals surface area (Å²) in [5.74, 6) is 0.883. The average molecular weight is 463 g/mol. The average Bonchev–Trinajstić information content (AvgIpc) is 3.42. The highest BCUT2D eigenvalue weighted by molar-refractivity contribution is 6.00. The fraction of sp³-hybridized carbons (Fsp3) is 0.400. The van der Waals surface area contributed by atoms with Gasteiger partial charge in [-0.2, -0.15) is 0 Å². The number of para-hydroxylation sites is 2. The summed E-state index contributed by atoms with van der Waals surface area (Å²) in [6.45, 7) is 2.50. The van der Waals surface area contributed by atoms with Gasteiger partial charge in [-0.1, -0.05) is 12.1 Å². The monoisotopic (exact) mass is 462 g/mol. The summed E-state index contributed by atoms with van der Waals surface area (Å²) in [7, 11) is 0. The molecule has 2 saturated heterocycles. The number of imidazole rings is 1. The molecule has 3 aliphatic rings. The van der Waals surface area contributed by atoms with Gasteiger partial charge in [0.25, 0.3) is 0 Å². The number of likely N-dealkylation sites (tertiary alicyclic amines) is 1. The summed E-state index contributed by atoms with van der Waals surface area (Å²) in [6, 6.07) is 13.2. The maximum absolute atomic E-state index is 13.3. The number of piperidine rings is 1. The molecule has 176 valence electrons. The summed E-state index contributed by atoms with van der Waals surface area (Å²) in [5, 5.41) is 0. The first-order valence-electron chi connectivity index (χ1n) is 11.8. The van der Waals surface area contributed by atoms with Crippen LogP contribution in [0.4, 0.5) is 5.69 Å². The van der Waals surface area contributed by atoms with E-state index < -0.39 is 0 Å². The number of carbonyl (C=O) groups excluding carboxylic acids is 2. The smallest absolute Gasteiger partial charge is 0.326 e. The van der Waals surface area contributed by atoms with Gasteiger partial charge in [-0.3, -0.25) is 14.2 Å². The summed E-state index contributed by atoms with van der Waals surface area (Å²) < 4.78 is 13.0. The number of nitrogens with one attached hydrogen (secondary N) is 1.